The van der Waals surface area contributed by atoms with Gasteiger partial charge in [-0.15, -0.1) is 11.8 Å². The zero-order valence-electron chi connectivity index (χ0n) is 8.94. The summed E-state index contributed by atoms with van der Waals surface area (Å²) in [4.78, 5) is 1.24. The van der Waals surface area contributed by atoms with Gasteiger partial charge in [-0.1, -0.05) is 18.2 Å². The zero-order valence-corrected chi connectivity index (χ0v) is 9.76. The Bertz CT molecular complexity index is 325. The van der Waals surface area contributed by atoms with Crippen LogP contribution >= 0.6 is 11.8 Å². The van der Waals surface area contributed by atoms with Crippen LogP contribution in [0.2, 0.25) is 0 Å². The number of hydrogen-bond donors (Lipinski definition) is 2. The van der Waals surface area contributed by atoms with Crippen LogP contribution in [0.15, 0.2) is 29.2 Å². The molecule has 15 heavy (non-hydrogen) atoms. The molecule has 2 nitrogen and oxygen atoms in total. The fourth-order valence-corrected chi connectivity index (χ4v) is 2.76. The molecule has 0 heterocycles. The molecule has 1 unspecified atom stereocenters. The Balaban J connectivity index is 2.12. The average molecular weight is 223 g/mol. The van der Waals surface area contributed by atoms with E-state index in [-0.39, 0.29) is 0 Å². The van der Waals surface area contributed by atoms with E-state index in [9.17, 15) is 5.11 Å². The minimum Gasteiger partial charge on any atom is -0.387 e. The maximum absolute atomic E-state index is 9.96. The Kier molecular flexibility index (Phi) is 3.67. The molecule has 0 spiro atoms. The van der Waals surface area contributed by atoms with E-state index in [0.717, 1.165) is 10.8 Å². The molecule has 2 N–H and O–H groups in total. The van der Waals surface area contributed by atoms with E-state index in [2.05, 4.69) is 11.4 Å². The van der Waals surface area contributed by atoms with E-state index in [4.69, 9.17) is 0 Å². The van der Waals surface area contributed by atoms with E-state index >= 15 is 0 Å². The fourth-order valence-electron chi connectivity index (χ4n) is 1.53. The van der Waals surface area contributed by atoms with Gasteiger partial charge >= 0.3 is 0 Å². The van der Waals surface area contributed by atoms with Gasteiger partial charge in [0.25, 0.3) is 0 Å². The SMILES string of the molecule is CNCC(O)c1ccccc1SC1CC1. The predicted octanol–water partition coefficient (Wildman–Crippen LogP) is 2.19. The molecule has 1 aromatic carbocycles. The van der Waals surface area contributed by atoms with Crippen LogP contribution in [0.25, 0.3) is 0 Å². The van der Waals surface area contributed by atoms with Gasteiger partial charge in [0.15, 0.2) is 0 Å². The highest BCUT2D eigenvalue weighted by Gasteiger charge is 2.24. The fraction of sp³-hybridized carbons (Fsp3) is 0.500. The lowest BCUT2D eigenvalue weighted by molar-refractivity contribution is 0.175. The molecule has 1 aliphatic rings. The van der Waals surface area contributed by atoms with Crippen molar-refractivity contribution in [3.8, 4) is 0 Å². The Morgan fingerprint density at radius 3 is 2.87 bits per heavy atom. The summed E-state index contributed by atoms with van der Waals surface area (Å²) in [6.45, 7) is 0.613. The normalized spacial score (nSPS) is 17.7. The summed E-state index contributed by atoms with van der Waals surface area (Å²) < 4.78 is 0. The highest BCUT2D eigenvalue weighted by atomic mass is 32.2. The van der Waals surface area contributed by atoms with Crippen molar-refractivity contribution in [2.45, 2.75) is 29.1 Å². The van der Waals surface area contributed by atoms with Crippen molar-refractivity contribution in [3.05, 3.63) is 29.8 Å². The first kappa shape index (κ1) is 11.0. The van der Waals surface area contributed by atoms with Crippen molar-refractivity contribution in [1.29, 1.82) is 0 Å². The van der Waals surface area contributed by atoms with Gasteiger partial charge in [0.1, 0.15) is 0 Å². The van der Waals surface area contributed by atoms with E-state index in [1.807, 2.05) is 37.0 Å². The molecule has 0 bridgehead atoms. The van der Waals surface area contributed by atoms with Gasteiger partial charge in [-0.05, 0) is 31.5 Å². The van der Waals surface area contributed by atoms with Crippen molar-refractivity contribution < 1.29 is 5.11 Å². The van der Waals surface area contributed by atoms with Crippen LogP contribution in [-0.2, 0) is 0 Å². The summed E-state index contributed by atoms with van der Waals surface area (Å²) in [5.74, 6) is 0. The first-order valence-electron chi connectivity index (χ1n) is 5.39. The second-order valence-electron chi connectivity index (χ2n) is 3.93. The number of likely N-dealkylation sites (N-methyl/N-ethyl adjacent to an activating group) is 1. The first-order chi connectivity index (χ1) is 7.31. The summed E-state index contributed by atoms with van der Waals surface area (Å²) in [6.07, 6.45) is 2.25. The molecule has 3 heteroatoms. The number of rotatable bonds is 5. The van der Waals surface area contributed by atoms with Gasteiger partial charge in [-0.2, -0.15) is 0 Å². The van der Waals surface area contributed by atoms with E-state index in [1.165, 1.54) is 17.7 Å². The molecule has 0 radical (unpaired) electrons. The number of benzene rings is 1. The topological polar surface area (TPSA) is 32.3 Å². The molecular formula is C12H17NOS. The van der Waals surface area contributed by atoms with Gasteiger partial charge in [0.2, 0.25) is 0 Å². The molecule has 0 aromatic heterocycles. The summed E-state index contributed by atoms with van der Waals surface area (Å²) in [7, 11) is 1.86. The molecule has 1 fully saturated rings. The molecule has 0 aliphatic heterocycles. The van der Waals surface area contributed by atoms with Crippen LogP contribution in [0.4, 0.5) is 0 Å². The van der Waals surface area contributed by atoms with Crippen LogP contribution in [0.1, 0.15) is 24.5 Å². The first-order valence-corrected chi connectivity index (χ1v) is 6.27. The standard InChI is InChI=1S/C12H17NOS/c1-13-8-11(14)10-4-2-3-5-12(10)15-9-6-7-9/h2-5,9,11,13-14H,6-8H2,1H3. The molecule has 1 aliphatic carbocycles. The number of nitrogens with one attached hydrogen (secondary N) is 1. The molecule has 82 valence electrons. The minimum absolute atomic E-state index is 0.391. The molecule has 0 saturated heterocycles. The van der Waals surface area contributed by atoms with Crippen LogP contribution in [0.5, 0.6) is 0 Å². The van der Waals surface area contributed by atoms with Gasteiger partial charge in [0.05, 0.1) is 6.10 Å². The maximum Gasteiger partial charge on any atom is 0.0925 e. The lowest BCUT2D eigenvalue weighted by Gasteiger charge is -2.14. The molecule has 2 rings (SSSR count). The molecular weight excluding hydrogens is 206 g/mol. The number of aliphatic hydroxyl groups excluding tert-OH is 1. The summed E-state index contributed by atoms with van der Waals surface area (Å²) in [5.41, 5.74) is 1.06. The number of aliphatic hydroxyl groups is 1. The second-order valence-corrected chi connectivity index (χ2v) is 5.27. The third-order valence-corrected chi connectivity index (χ3v) is 3.92. The lowest BCUT2D eigenvalue weighted by Crippen LogP contribution is -2.17. The van der Waals surface area contributed by atoms with Gasteiger partial charge < -0.3 is 10.4 Å². The van der Waals surface area contributed by atoms with Crippen molar-refractivity contribution in [2.24, 2.45) is 0 Å². The van der Waals surface area contributed by atoms with Crippen LogP contribution < -0.4 is 5.32 Å². The lowest BCUT2D eigenvalue weighted by atomic mass is 10.1. The van der Waals surface area contributed by atoms with Gasteiger partial charge in [0, 0.05) is 16.7 Å². The van der Waals surface area contributed by atoms with E-state index < -0.39 is 6.10 Å². The van der Waals surface area contributed by atoms with E-state index in [0.29, 0.717) is 6.54 Å². The summed E-state index contributed by atoms with van der Waals surface area (Å²) >= 11 is 1.90. The Labute approximate surface area is 95.1 Å². The molecule has 1 saturated carbocycles. The summed E-state index contributed by atoms with van der Waals surface area (Å²) in [6, 6.07) is 8.16. The predicted molar refractivity (Wildman–Crippen MR) is 64.2 cm³/mol. The maximum atomic E-state index is 9.96. The van der Waals surface area contributed by atoms with E-state index in [1.54, 1.807) is 0 Å². The zero-order chi connectivity index (χ0) is 10.7. The monoisotopic (exact) mass is 223 g/mol. The molecule has 1 atom stereocenters. The van der Waals surface area contributed by atoms with Crippen molar-refractivity contribution in [2.75, 3.05) is 13.6 Å². The van der Waals surface area contributed by atoms with Crippen LogP contribution in [0, 0.1) is 0 Å². The summed E-state index contributed by atoms with van der Waals surface area (Å²) in [5, 5.41) is 13.7. The largest absolute Gasteiger partial charge is 0.387 e. The minimum atomic E-state index is -0.391. The second kappa shape index (κ2) is 5.01. The Morgan fingerprint density at radius 2 is 2.20 bits per heavy atom. The highest BCUT2D eigenvalue weighted by Crippen LogP contribution is 2.41. The number of hydrogen-bond acceptors (Lipinski definition) is 3. The smallest absolute Gasteiger partial charge is 0.0925 e. The third kappa shape index (κ3) is 2.97. The van der Waals surface area contributed by atoms with Crippen molar-refractivity contribution in [1.82, 2.24) is 5.32 Å². The van der Waals surface area contributed by atoms with Crippen molar-refractivity contribution >= 4 is 11.8 Å². The quantitative estimate of drug-likeness (QED) is 0.802. The molecule has 0 amide bonds. The average Bonchev–Trinajstić information content (AvgIpc) is 3.03. The van der Waals surface area contributed by atoms with Crippen LogP contribution in [0.3, 0.4) is 0 Å². The number of thioether (sulfide) groups is 1. The highest BCUT2D eigenvalue weighted by molar-refractivity contribution is 8.00. The van der Waals surface area contributed by atoms with Gasteiger partial charge in [-0.25, -0.2) is 0 Å². The Morgan fingerprint density at radius 1 is 1.47 bits per heavy atom. The van der Waals surface area contributed by atoms with Crippen LogP contribution in [-0.4, -0.2) is 23.9 Å². The van der Waals surface area contributed by atoms with Crippen molar-refractivity contribution in [3.63, 3.8) is 0 Å². The molecule has 1 aromatic rings. The third-order valence-electron chi connectivity index (χ3n) is 2.49. The van der Waals surface area contributed by atoms with Gasteiger partial charge in [-0.3, -0.25) is 0 Å². The Hall–Kier alpha value is -0.510.